The number of aromatic nitrogens is 2. The first-order valence-electron chi connectivity index (χ1n) is 5.73. The Balaban J connectivity index is 2.08. The fraction of sp³-hybridized carbons (Fsp3) is 0.600. The minimum Gasteiger partial charge on any atom is -0.258 e. The predicted octanol–water partition coefficient (Wildman–Crippen LogP) is 1.52. The number of nitrogens with one attached hydrogen (secondary N) is 1. The van der Waals surface area contributed by atoms with Gasteiger partial charge in [0, 0.05) is 13.1 Å². The molecule has 1 N–H and O–H groups in total. The van der Waals surface area contributed by atoms with Crippen molar-refractivity contribution < 1.29 is 8.42 Å². The molecule has 0 amide bonds. The first kappa shape index (κ1) is 13.5. The van der Waals surface area contributed by atoms with Crippen molar-refractivity contribution in [2.75, 3.05) is 17.8 Å². The largest absolute Gasteiger partial charge is 0.302 e. The van der Waals surface area contributed by atoms with Gasteiger partial charge in [-0.15, -0.1) is 0 Å². The van der Waals surface area contributed by atoms with Crippen LogP contribution in [0.3, 0.4) is 0 Å². The van der Waals surface area contributed by atoms with E-state index >= 15 is 0 Å². The van der Waals surface area contributed by atoms with E-state index in [4.69, 9.17) is 11.6 Å². The molecule has 0 aliphatic carbocycles. The van der Waals surface area contributed by atoms with Gasteiger partial charge in [-0.05, 0) is 18.8 Å². The number of anilines is 1. The van der Waals surface area contributed by atoms with E-state index in [9.17, 15) is 8.42 Å². The summed E-state index contributed by atoms with van der Waals surface area (Å²) >= 11 is 5.66. The van der Waals surface area contributed by atoms with Gasteiger partial charge < -0.3 is 0 Å². The summed E-state index contributed by atoms with van der Waals surface area (Å²) in [5.74, 6) is 0.712. The van der Waals surface area contributed by atoms with Gasteiger partial charge in [0.05, 0.1) is 12.4 Å². The zero-order chi connectivity index (χ0) is 13.2. The van der Waals surface area contributed by atoms with Crippen LogP contribution < -0.4 is 4.72 Å². The van der Waals surface area contributed by atoms with E-state index in [1.165, 1.54) is 16.7 Å². The second-order valence-corrected chi connectivity index (χ2v) is 6.47. The number of hydrogen-bond acceptors (Lipinski definition) is 4. The van der Waals surface area contributed by atoms with Crippen molar-refractivity contribution in [3.8, 4) is 0 Å². The zero-order valence-electron chi connectivity index (χ0n) is 10.0. The topological polar surface area (TPSA) is 75.2 Å². The van der Waals surface area contributed by atoms with E-state index in [0.29, 0.717) is 19.0 Å². The van der Waals surface area contributed by atoms with Crippen molar-refractivity contribution in [3.63, 3.8) is 0 Å². The van der Waals surface area contributed by atoms with Gasteiger partial charge in [0.1, 0.15) is 5.15 Å². The average Bonchev–Trinajstić information content (AvgIpc) is 2.29. The van der Waals surface area contributed by atoms with Crippen LogP contribution in [0.15, 0.2) is 12.4 Å². The molecule has 1 aromatic heterocycles. The standard InChI is InChI=1S/C10H15ClN4O2S/c1-8-2-4-15(5-3-8)18(16,17)14-10-7-12-6-9(11)13-10/h6-8H,2-5H2,1H3,(H,13,14). The molecule has 2 heterocycles. The number of hydrogen-bond donors (Lipinski definition) is 1. The fourth-order valence-electron chi connectivity index (χ4n) is 1.81. The van der Waals surface area contributed by atoms with Gasteiger partial charge in [0.15, 0.2) is 5.82 Å². The molecule has 1 aliphatic heterocycles. The van der Waals surface area contributed by atoms with Crippen molar-refractivity contribution in [2.24, 2.45) is 5.92 Å². The molecule has 0 unspecified atom stereocenters. The maximum Gasteiger partial charge on any atom is 0.302 e. The SMILES string of the molecule is CC1CCN(S(=O)(=O)Nc2cncc(Cl)n2)CC1. The van der Waals surface area contributed by atoms with Crippen molar-refractivity contribution in [2.45, 2.75) is 19.8 Å². The van der Waals surface area contributed by atoms with Gasteiger partial charge >= 0.3 is 10.2 Å². The summed E-state index contributed by atoms with van der Waals surface area (Å²) in [5, 5.41) is 0.155. The second-order valence-electron chi connectivity index (χ2n) is 4.42. The van der Waals surface area contributed by atoms with E-state index in [2.05, 4.69) is 21.6 Å². The van der Waals surface area contributed by atoms with Gasteiger partial charge in [0.2, 0.25) is 0 Å². The van der Waals surface area contributed by atoms with Gasteiger partial charge in [0.25, 0.3) is 0 Å². The van der Waals surface area contributed by atoms with Crippen LogP contribution in [0.4, 0.5) is 5.82 Å². The highest BCUT2D eigenvalue weighted by molar-refractivity contribution is 7.90. The van der Waals surface area contributed by atoms with Crippen molar-refractivity contribution in [1.82, 2.24) is 14.3 Å². The summed E-state index contributed by atoms with van der Waals surface area (Å²) in [6.45, 7) is 3.19. The van der Waals surface area contributed by atoms with Crippen LogP contribution in [0.1, 0.15) is 19.8 Å². The third kappa shape index (κ3) is 3.30. The molecule has 6 nitrogen and oxygen atoms in total. The average molecular weight is 291 g/mol. The lowest BCUT2D eigenvalue weighted by Crippen LogP contribution is -2.41. The van der Waals surface area contributed by atoms with E-state index < -0.39 is 10.2 Å². The minimum absolute atomic E-state index is 0.140. The Hall–Kier alpha value is -0.920. The molecule has 1 saturated heterocycles. The number of nitrogens with zero attached hydrogens (tertiary/aromatic N) is 3. The predicted molar refractivity (Wildman–Crippen MR) is 69.6 cm³/mol. The minimum atomic E-state index is -3.55. The summed E-state index contributed by atoms with van der Waals surface area (Å²) in [7, 11) is -3.55. The molecule has 0 radical (unpaired) electrons. The molecular formula is C10H15ClN4O2S. The lowest BCUT2D eigenvalue weighted by Gasteiger charge is -2.29. The molecule has 0 saturated carbocycles. The smallest absolute Gasteiger partial charge is 0.258 e. The van der Waals surface area contributed by atoms with Crippen LogP contribution >= 0.6 is 11.6 Å². The highest BCUT2D eigenvalue weighted by Gasteiger charge is 2.26. The number of rotatable bonds is 3. The highest BCUT2D eigenvalue weighted by atomic mass is 35.5. The van der Waals surface area contributed by atoms with Crippen LogP contribution in [-0.4, -0.2) is 35.8 Å². The van der Waals surface area contributed by atoms with Crippen molar-refractivity contribution >= 4 is 27.6 Å². The first-order chi connectivity index (χ1) is 8.47. The quantitative estimate of drug-likeness (QED) is 0.916. The van der Waals surface area contributed by atoms with E-state index in [-0.39, 0.29) is 11.0 Å². The summed E-state index contributed by atoms with van der Waals surface area (Å²) in [6.07, 6.45) is 4.43. The summed E-state index contributed by atoms with van der Waals surface area (Å²) in [5.41, 5.74) is 0. The Kier molecular flexibility index (Phi) is 4.04. The summed E-state index contributed by atoms with van der Waals surface area (Å²) in [4.78, 5) is 7.64. The van der Waals surface area contributed by atoms with Crippen molar-refractivity contribution in [1.29, 1.82) is 0 Å². The fourth-order valence-corrected chi connectivity index (χ4v) is 3.14. The monoisotopic (exact) mass is 290 g/mol. The van der Waals surface area contributed by atoms with Gasteiger partial charge in [-0.1, -0.05) is 18.5 Å². The van der Waals surface area contributed by atoms with Crippen LogP contribution in [0, 0.1) is 5.92 Å². The van der Waals surface area contributed by atoms with Crippen LogP contribution in [0.2, 0.25) is 5.15 Å². The van der Waals surface area contributed by atoms with Gasteiger partial charge in [-0.3, -0.25) is 9.71 Å². The molecule has 100 valence electrons. The Labute approximate surface area is 112 Å². The molecule has 0 spiro atoms. The number of halogens is 1. The third-order valence-electron chi connectivity index (χ3n) is 2.92. The molecular weight excluding hydrogens is 276 g/mol. The van der Waals surface area contributed by atoms with E-state index in [1.54, 1.807) is 0 Å². The molecule has 0 atom stereocenters. The van der Waals surface area contributed by atoms with E-state index in [1.807, 2.05) is 0 Å². The van der Waals surface area contributed by atoms with Gasteiger partial charge in [-0.2, -0.15) is 12.7 Å². The highest BCUT2D eigenvalue weighted by Crippen LogP contribution is 2.19. The summed E-state index contributed by atoms with van der Waals surface area (Å²) < 4.78 is 28.0. The Bertz CT molecular complexity index is 514. The maximum absolute atomic E-state index is 12.1. The summed E-state index contributed by atoms with van der Waals surface area (Å²) in [6, 6.07) is 0. The molecule has 8 heteroatoms. The van der Waals surface area contributed by atoms with Crippen LogP contribution in [0.5, 0.6) is 0 Å². The normalized spacial score (nSPS) is 18.8. The molecule has 0 bridgehead atoms. The van der Waals surface area contributed by atoms with Crippen LogP contribution in [-0.2, 0) is 10.2 Å². The lowest BCUT2D eigenvalue weighted by atomic mass is 10.0. The van der Waals surface area contributed by atoms with E-state index in [0.717, 1.165) is 12.8 Å². The Morgan fingerprint density at radius 1 is 1.39 bits per heavy atom. The Morgan fingerprint density at radius 3 is 2.67 bits per heavy atom. The zero-order valence-corrected chi connectivity index (χ0v) is 11.6. The lowest BCUT2D eigenvalue weighted by molar-refractivity contribution is 0.289. The number of piperidine rings is 1. The molecule has 0 aromatic carbocycles. The molecule has 1 aliphatic rings. The molecule has 2 rings (SSSR count). The molecule has 18 heavy (non-hydrogen) atoms. The van der Waals surface area contributed by atoms with Crippen LogP contribution in [0.25, 0.3) is 0 Å². The molecule has 1 aromatic rings. The van der Waals surface area contributed by atoms with Crippen molar-refractivity contribution in [3.05, 3.63) is 17.5 Å². The third-order valence-corrected chi connectivity index (χ3v) is 4.62. The Morgan fingerprint density at radius 2 is 2.06 bits per heavy atom. The first-order valence-corrected chi connectivity index (χ1v) is 7.54. The second kappa shape index (κ2) is 5.38. The molecule has 1 fully saturated rings. The van der Waals surface area contributed by atoms with Gasteiger partial charge in [-0.25, -0.2) is 4.98 Å². The maximum atomic E-state index is 12.1.